The van der Waals surface area contributed by atoms with Crippen molar-refractivity contribution in [2.45, 2.75) is 53.2 Å². The predicted octanol–water partition coefficient (Wildman–Crippen LogP) is 1.77. The molecule has 5 nitrogen and oxygen atoms in total. The molecular formula is C13H24N2O3. The highest BCUT2D eigenvalue weighted by molar-refractivity contribution is 5.87. The fourth-order valence-corrected chi connectivity index (χ4v) is 2.04. The maximum absolute atomic E-state index is 12.1. The molecule has 1 saturated heterocycles. The zero-order chi connectivity index (χ0) is 14.1. The molecule has 2 amide bonds. The number of hydrogen-bond acceptors (Lipinski definition) is 3. The van der Waals surface area contributed by atoms with Gasteiger partial charge >= 0.3 is 6.09 Å². The van der Waals surface area contributed by atoms with Gasteiger partial charge in [0.2, 0.25) is 5.91 Å². The van der Waals surface area contributed by atoms with E-state index in [2.05, 4.69) is 5.32 Å². The normalized spacial score (nSPS) is 21.6. The van der Waals surface area contributed by atoms with Gasteiger partial charge in [-0.1, -0.05) is 20.8 Å². The number of carbonyl (C=O) groups excluding carboxylic acids is 2. The van der Waals surface area contributed by atoms with E-state index in [0.717, 1.165) is 0 Å². The molecule has 5 heteroatoms. The van der Waals surface area contributed by atoms with Gasteiger partial charge in [0.25, 0.3) is 0 Å². The van der Waals surface area contributed by atoms with Crippen LogP contribution in [-0.2, 0) is 9.53 Å². The molecule has 1 fully saturated rings. The van der Waals surface area contributed by atoms with Crippen LogP contribution in [0.1, 0.15) is 41.5 Å². The molecule has 0 spiro atoms. The lowest BCUT2D eigenvalue weighted by molar-refractivity contribution is -0.133. The van der Waals surface area contributed by atoms with E-state index in [4.69, 9.17) is 4.74 Å². The van der Waals surface area contributed by atoms with Crippen molar-refractivity contribution in [2.24, 2.45) is 5.41 Å². The van der Waals surface area contributed by atoms with Crippen molar-refractivity contribution in [1.29, 1.82) is 0 Å². The molecule has 0 aliphatic carbocycles. The van der Waals surface area contributed by atoms with Gasteiger partial charge in [-0.15, -0.1) is 0 Å². The summed E-state index contributed by atoms with van der Waals surface area (Å²) in [6.45, 7) is 12.3. The van der Waals surface area contributed by atoms with Crippen molar-refractivity contribution in [1.82, 2.24) is 10.2 Å². The lowest BCUT2D eigenvalue weighted by Crippen LogP contribution is -2.62. The Morgan fingerprint density at radius 3 is 2.28 bits per heavy atom. The third-order valence-electron chi connectivity index (χ3n) is 2.66. The molecule has 18 heavy (non-hydrogen) atoms. The van der Waals surface area contributed by atoms with Crippen LogP contribution < -0.4 is 5.32 Å². The molecular weight excluding hydrogens is 232 g/mol. The average Bonchev–Trinajstić information content (AvgIpc) is 2.12. The Kier molecular flexibility index (Phi) is 3.93. The van der Waals surface area contributed by atoms with E-state index in [1.807, 2.05) is 41.5 Å². The molecule has 1 N–H and O–H groups in total. The largest absolute Gasteiger partial charge is 0.444 e. The lowest BCUT2D eigenvalue weighted by atomic mass is 9.84. The second-order valence-electron chi connectivity index (χ2n) is 6.73. The monoisotopic (exact) mass is 256 g/mol. The van der Waals surface area contributed by atoms with Crippen molar-refractivity contribution in [2.75, 3.05) is 13.1 Å². The fraction of sp³-hybridized carbons (Fsp3) is 0.846. The van der Waals surface area contributed by atoms with Gasteiger partial charge in [0.15, 0.2) is 0 Å². The molecule has 1 rings (SSSR count). The van der Waals surface area contributed by atoms with E-state index in [-0.39, 0.29) is 11.3 Å². The number of amides is 2. The van der Waals surface area contributed by atoms with Gasteiger partial charge < -0.3 is 10.1 Å². The van der Waals surface area contributed by atoms with Crippen LogP contribution in [0, 0.1) is 5.41 Å². The minimum atomic E-state index is -0.548. The Morgan fingerprint density at radius 2 is 1.83 bits per heavy atom. The van der Waals surface area contributed by atoms with Gasteiger partial charge in [-0.2, -0.15) is 0 Å². The molecule has 0 saturated carbocycles. The van der Waals surface area contributed by atoms with Crippen LogP contribution in [0.5, 0.6) is 0 Å². The highest BCUT2D eigenvalue weighted by Crippen LogP contribution is 2.27. The van der Waals surface area contributed by atoms with E-state index in [1.54, 1.807) is 0 Å². The number of nitrogens with zero attached hydrogens (tertiary/aromatic N) is 1. The smallest absolute Gasteiger partial charge is 0.411 e. The van der Waals surface area contributed by atoms with Gasteiger partial charge in [0.1, 0.15) is 11.6 Å². The topological polar surface area (TPSA) is 58.6 Å². The first-order valence-corrected chi connectivity index (χ1v) is 6.30. The first-order chi connectivity index (χ1) is 8.02. The van der Waals surface area contributed by atoms with Gasteiger partial charge in [-0.05, 0) is 26.2 Å². The maximum atomic E-state index is 12.1. The molecule has 1 aliphatic rings. The SMILES string of the molecule is CC(C)(C)OC(=O)N1CCNC(=O)C1C(C)(C)C. The van der Waals surface area contributed by atoms with E-state index in [9.17, 15) is 9.59 Å². The van der Waals surface area contributed by atoms with Gasteiger partial charge in [-0.3, -0.25) is 9.69 Å². The summed E-state index contributed by atoms with van der Waals surface area (Å²) in [5.41, 5.74) is -0.866. The zero-order valence-electron chi connectivity index (χ0n) is 12.2. The number of ether oxygens (including phenoxy) is 1. The van der Waals surface area contributed by atoms with Crippen molar-refractivity contribution < 1.29 is 14.3 Å². The Balaban J connectivity index is 2.90. The first kappa shape index (κ1) is 14.8. The van der Waals surface area contributed by atoms with Crippen molar-refractivity contribution in [3.63, 3.8) is 0 Å². The van der Waals surface area contributed by atoms with E-state index < -0.39 is 17.7 Å². The maximum Gasteiger partial charge on any atom is 0.411 e. The van der Waals surface area contributed by atoms with E-state index in [1.165, 1.54) is 4.90 Å². The molecule has 0 aromatic heterocycles. The molecule has 1 heterocycles. The Morgan fingerprint density at radius 1 is 1.28 bits per heavy atom. The summed E-state index contributed by atoms with van der Waals surface area (Å²) < 4.78 is 5.36. The summed E-state index contributed by atoms with van der Waals surface area (Å²) in [6, 6.07) is -0.485. The molecule has 1 aliphatic heterocycles. The Labute approximate surface area is 109 Å². The summed E-state index contributed by atoms with van der Waals surface area (Å²) in [7, 11) is 0. The fourth-order valence-electron chi connectivity index (χ4n) is 2.04. The van der Waals surface area contributed by atoms with Crippen molar-refractivity contribution >= 4 is 12.0 Å². The molecule has 104 valence electrons. The number of hydrogen-bond donors (Lipinski definition) is 1. The van der Waals surface area contributed by atoms with Crippen molar-refractivity contribution in [3.05, 3.63) is 0 Å². The molecule has 0 aromatic rings. The van der Waals surface area contributed by atoms with Crippen LogP contribution >= 0.6 is 0 Å². The third-order valence-corrected chi connectivity index (χ3v) is 2.66. The Bertz CT molecular complexity index is 339. The Hall–Kier alpha value is -1.26. The number of piperazine rings is 1. The number of nitrogens with one attached hydrogen (secondary N) is 1. The predicted molar refractivity (Wildman–Crippen MR) is 69.2 cm³/mol. The first-order valence-electron chi connectivity index (χ1n) is 6.30. The van der Waals surface area contributed by atoms with Gasteiger partial charge in [-0.25, -0.2) is 4.79 Å². The lowest BCUT2D eigenvalue weighted by Gasteiger charge is -2.42. The van der Waals surface area contributed by atoms with Crippen LogP contribution in [0.15, 0.2) is 0 Å². The second kappa shape index (κ2) is 4.78. The molecule has 1 atom stereocenters. The van der Waals surface area contributed by atoms with Crippen LogP contribution in [0.4, 0.5) is 4.79 Å². The average molecular weight is 256 g/mol. The third kappa shape index (κ3) is 3.62. The van der Waals surface area contributed by atoms with Gasteiger partial charge in [0, 0.05) is 13.1 Å². The van der Waals surface area contributed by atoms with Crippen LogP contribution in [0.2, 0.25) is 0 Å². The highest BCUT2D eigenvalue weighted by atomic mass is 16.6. The second-order valence-corrected chi connectivity index (χ2v) is 6.73. The summed E-state index contributed by atoms with van der Waals surface area (Å²) in [4.78, 5) is 25.6. The minimum absolute atomic E-state index is 0.111. The quantitative estimate of drug-likeness (QED) is 0.718. The number of carbonyl (C=O) groups is 2. The highest BCUT2D eigenvalue weighted by Gasteiger charge is 2.42. The summed E-state index contributed by atoms with van der Waals surface area (Å²) >= 11 is 0. The molecule has 0 aromatic carbocycles. The van der Waals surface area contributed by atoms with Crippen LogP contribution in [-0.4, -0.2) is 41.6 Å². The van der Waals surface area contributed by atoms with Crippen LogP contribution in [0.25, 0.3) is 0 Å². The van der Waals surface area contributed by atoms with Gasteiger partial charge in [0.05, 0.1) is 0 Å². The summed E-state index contributed by atoms with van der Waals surface area (Å²) in [5, 5.41) is 2.80. The summed E-state index contributed by atoms with van der Waals surface area (Å²) in [5.74, 6) is -0.111. The molecule has 0 radical (unpaired) electrons. The standard InChI is InChI=1S/C13H24N2O3/c1-12(2,3)9-10(16)14-7-8-15(9)11(17)18-13(4,5)6/h9H,7-8H2,1-6H3,(H,14,16). The summed E-state index contributed by atoms with van der Waals surface area (Å²) in [6.07, 6.45) is -0.419. The van der Waals surface area contributed by atoms with E-state index >= 15 is 0 Å². The van der Waals surface area contributed by atoms with E-state index in [0.29, 0.717) is 13.1 Å². The van der Waals surface area contributed by atoms with Crippen molar-refractivity contribution in [3.8, 4) is 0 Å². The minimum Gasteiger partial charge on any atom is -0.444 e. The zero-order valence-corrected chi connectivity index (χ0v) is 12.2. The molecule has 0 bridgehead atoms. The van der Waals surface area contributed by atoms with Crippen LogP contribution in [0.3, 0.4) is 0 Å². The molecule has 1 unspecified atom stereocenters. The number of rotatable bonds is 0.